The lowest BCUT2D eigenvalue weighted by Gasteiger charge is -2.38. The summed E-state index contributed by atoms with van der Waals surface area (Å²) in [5, 5.41) is 1.04. The molecule has 1 saturated heterocycles. The number of rotatable bonds is 3. The molecule has 0 radical (unpaired) electrons. The van der Waals surface area contributed by atoms with Gasteiger partial charge in [0, 0.05) is 29.6 Å². The average molecular weight is 329 g/mol. The Morgan fingerprint density at radius 2 is 1.90 bits per heavy atom. The summed E-state index contributed by atoms with van der Waals surface area (Å²) in [6, 6.07) is 0. The molecule has 0 N–H and O–H groups in total. The highest BCUT2D eigenvalue weighted by Crippen LogP contribution is 2.39. The smallest absolute Gasteiger partial charge is 0.216 e. The van der Waals surface area contributed by atoms with E-state index in [9.17, 15) is 8.42 Å². The molecule has 1 saturated carbocycles. The molecule has 3 rings (SSSR count). The van der Waals surface area contributed by atoms with Gasteiger partial charge in [-0.05, 0) is 32.6 Å². The third-order valence-corrected chi connectivity index (χ3v) is 8.66. The maximum absolute atomic E-state index is 12.7. The molecule has 0 aromatic carbocycles. The van der Waals surface area contributed by atoms with Gasteiger partial charge in [0.25, 0.3) is 0 Å². The summed E-state index contributed by atoms with van der Waals surface area (Å²) in [7, 11) is -3.07. The molecular weight excluding hydrogens is 304 g/mol. The maximum atomic E-state index is 12.7. The first-order valence-electron chi connectivity index (χ1n) is 7.84. The Labute approximate surface area is 131 Å². The molecule has 0 bridgehead atoms. The zero-order valence-corrected chi connectivity index (χ0v) is 14.5. The first-order chi connectivity index (χ1) is 9.92. The van der Waals surface area contributed by atoms with E-state index >= 15 is 0 Å². The SMILES string of the molecule is Cc1cnc(C2(C)CCN(S(=O)(=O)C3CCCC3)CC2)s1. The second-order valence-corrected chi connectivity index (χ2v) is 10.1. The first-order valence-corrected chi connectivity index (χ1v) is 10.2. The number of sulfonamides is 1. The van der Waals surface area contributed by atoms with Gasteiger partial charge in [-0.25, -0.2) is 17.7 Å². The Morgan fingerprint density at radius 3 is 2.43 bits per heavy atom. The van der Waals surface area contributed by atoms with Crippen LogP contribution in [-0.2, 0) is 15.4 Å². The van der Waals surface area contributed by atoms with Crippen molar-refractivity contribution in [3.63, 3.8) is 0 Å². The van der Waals surface area contributed by atoms with Crippen LogP contribution in [0.25, 0.3) is 0 Å². The van der Waals surface area contributed by atoms with Gasteiger partial charge in [-0.1, -0.05) is 19.8 Å². The van der Waals surface area contributed by atoms with Gasteiger partial charge in [-0.3, -0.25) is 0 Å². The highest BCUT2D eigenvalue weighted by Gasteiger charge is 2.40. The molecule has 1 aromatic heterocycles. The standard InChI is InChI=1S/C15H24N2O2S2/c1-12-11-16-14(20-12)15(2)7-9-17(10-8-15)21(18,19)13-5-3-4-6-13/h11,13H,3-10H2,1-2H3. The predicted molar refractivity (Wildman–Crippen MR) is 86.2 cm³/mol. The summed E-state index contributed by atoms with van der Waals surface area (Å²) in [4.78, 5) is 5.76. The number of aryl methyl sites for hydroxylation is 1. The summed E-state index contributed by atoms with van der Waals surface area (Å²) in [6.07, 6.45) is 7.51. The number of hydrogen-bond acceptors (Lipinski definition) is 4. The maximum Gasteiger partial charge on any atom is 0.216 e. The van der Waals surface area contributed by atoms with E-state index in [0.717, 1.165) is 43.5 Å². The van der Waals surface area contributed by atoms with Crippen molar-refractivity contribution in [2.24, 2.45) is 0 Å². The van der Waals surface area contributed by atoms with E-state index < -0.39 is 10.0 Å². The topological polar surface area (TPSA) is 50.3 Å². The van der Waals surface area contributed by atoms with Gasteiger partial charge in [0.05, 0.1) is 10.3 Å². The lowest BCUT2D eigenvalue weighted by molar-refractivity contribution is 0.246. The number of piperidine rings is 1. The Bertz CT molecular complexity index is 595. The van der Waals surface area contributed by atoms with Crippen LogP contribution in [0.2, 0.25) is 0 Å². The van der Waals surface area contributed by atoms with Gasteiger partial charge in [0.1, 0.15) is 0 Å². The largest absolute Gasteiger partial charge is 0.249 e. The molecule has 0 amide bonds. The molecule has 0 spiro atoms. The number of hydrogen-bond donors (Lipinski definition) is 0. The van der Waals surface area contributed by atoms with Crippen LogP contribution >= 0.6 is 11.3 Å². The molecule has 1 aliphatic heterocycles. The Hall–Kier alpha value is -0.460. The number of aromatic nitrogens is 1. The molecule has 1 aliphatic carbocycles. The van der Waals surface area contributed by atoms with Gasteiger partial charge >= 0.3 is 0 Å². The van der Waals surface area contributed by atoms with Gasteiger partial charge in [-0.15, -0.1) is 11.3 Å². The average Bonchev–Trinajstić information content (AvgIpc) is 3.10. The fourth-order valence-corrected chi connectivity index (χ4v) is 6.49. The highest BCUT2D eigenvalue weighted by atomic mass is 32.2. The molecule has 0 unspecified atom stereocenters. The van der Waals surface area contributed by atoms with Crippen molar-refractivity contribution >= 4 is 21.4 Å². The van der Waals surface area contributed by atoms with E-state index in [4.69, 9.17) is 0 Å². The van der Waals surface area contributed by atoms with Gasteiger partial charge in [0.15, 0.2) is 0 Å². The predicted octanol–water partition coefficient (Wildman–Crippen LogP) is 3.08. The molecule has 2 heterocycles. The number of nitrogens with zero attached hydrogens (tertiary/aromatic N) is 2. The third-order valence-electron chi connectivity index (χ3n) is 5.05. The lowest BCUT2D eigenvalue weighted by Crippen LogP contribution is -2.46. The Morgan fingerprint density at radius 1 is 1.29 bits per heavy atom. The summed E-state index contributed by atoms with van der Waals surface area (Å²) in [5.74, 6) is 0. The zero-order chi connectivity index (χ0) is 15.1. The van der Waals surface area contributed by atoms with Crippen LogP contribution in [0.15, 0.2) is 6.20 Å². The molecule has 4 nitrogen and oxygen atoms in total. The second kappa shape index (κ2) is 5.63. The van der Waals surface area contributed by atoms with Crippen molar-refractivity contribution < 1.29 is 8.42 Å². The van der Waals surface area contributed by atoms with E-state index in [1.54, 1.807) is 15.6 Å². The molecule has 1 aromatic rings. The fourth-order valence-electron chi connectivity index (χ4n) is 3.48. The van der Waals surface area contributed by atoms with Crippen LogP contribution in [0.3, 0.4) is 0 Å². The summed E-state index contributed by atoms with van der Waals surface area (Å²) < 4.78 is 27.0. The van der Waals surface area contributed by atoms with E-state index in [-0.39, 0.29) is 10.7 Å². The molecule has 0 atom stereocenters. The minimum absolute atomic E-state index is 0.0423. The summed E-state index contributed by atoms with van der Waals surface area (Å²) in [6.45, 7) is 5.59. The van der Waals surface area contributed by atoms with E-state index in [1.165, 1.54) is 4.88 Å². The lowest BCUT2D eigenvalue weighted by atomic mass is 9.82. The van der Waals surface area contributed by atoms with Crippen LogP contribution in [0, 0.1) is 6.92 Å². The first kappa shape index (κ1) is 15.4. The zero-order valence-electron chi connectivity index (χ0n) is 12.8. The van der Waals surface area contributed by atoms with Crippen LogP contribution in [0.5, 0.6) is 0 Å². The van der Waals surface area contributed by atoms with Crippen molar-refractivity contribution in [2.75, 3.05) is 13.1 Å². The summed E-state index contributed by atoms with van der Waals surface area (Å²) in [5.41, 5.74) is 0.0423. The number of thiazole rings is 1. The highest BCUT2D eigenvalue weighted by molar-refractivity contribution is 7.89. The van der Waals surface area contributed by atoms with Crippen LogP contribution in [0.4, 0.5) is 0 Å². The van der Waals surface area contributed by atoms with E-state index in [0.29, 0.717) is 13.1 Å². The van der Waals surface area contributed by atoms with Gasteiger partial charge < -0.3 is 0 Å². The molecular formula is C15H24N2O2S2. The minimum Gasteiger partial charge on any atom is -0.249 e. The monoisotopic (exact) mass is 328 g/mol. The molecule has 2 fully saturated rings. The fraction of sp³-hybridized carbons (Fsp3) is 0.800. The van der Waals surface area contributed by atoms with Crippen molar-refractivity contribution in [3.05, 3.63) is 16.1 Å². The van der Waals surface area contributed by atoms with E-state index in [1.807, 2.05) is 6.20 Å². The van der Waals surface area contributed by atoms with Crippen LogP contribution < -0.4 is 0 Å². The van der Waals surface area contributed by atoms with Crippen LogP contribution in [0.1, 0.15) is 55.3 Å². The molecule has 2 aliphatic rings. The van der Waals surface area contributed by atoms with Crippen molar-refractivity contribution in [2.45, 2.75) is 63.0 Å². The van der Waals surface area contributed by atoms with Crippen LogP contribution in [-0.4, -0.2) is 36.0 Å². The minimum atomic E-state index is -3.07. The van der Waals surface area contributed by atoms with Crippen molar-refractivity contribution in [1.29, 1.82) is 0 Å². The van der Waals surface area contributed by atoms with E-state index in [2.05, 4.69) is 18.8 Å². The normalized spacial score (nSPS) is 24.5. The molecule has 6 heteroatoms. The molecule has 118 valence electrons. The Kier molecular flexibility index (Phi) is 4.14. The third kappa shape index (κ3) is 2.90. The van der Waals surface area contributed by atoms with Crippen molar-refractivity contribution in [3.8, 4) is 0 Å². The second-order valence-electron chi connectivity index (χ2n) is 6.69. The molecule has 21 heavy (non-hydrogen) atoms. The quantitative estimate of drug-likeness (QED) is 0.857. The van der Waals surface area contributed by atoms with Crippen molar-refractivity contribution in [1.82, 2.24) is 9.29 Å². The van der Waals surface area contributed by atoms with Gasteiger partial charge in [-0.2, -0.15) is 0 Å². The Balaban J connectivity index is 1.70. The van der Waals surface area contributed by atoms with Gasteiger partial charge in [0.2, 0.25) is 10.0 Å². The summed E-state index contributed by atoms with van der Waals surface area (Å²) >= 11 is 1.75.